The Hall–Kier alpha value is -1.74. The summed E-state index contributed by atoms with van der Waals surface area (Å²) in [5.41, 5.74) is 5.86. The van der Waals surface area contributed by atoms with E-state index in [0.29, 0.717) is 11.4 Å². The van der Waals surface area contributed by atoms with E-state index in [1.54, 1.807) is 26.0 Å². The van der Waals surface area contributed by atoms with Crippen LogP contribution in [-0.2, 0) is 16.0 Å². The number of carboxylic acids is 1. The summed E-state index contributed by atoms with van der Waals surface area (Å²) in [5, 5.41) is 18.8. The van der Waals surface area contributed by atoms with Gasteiger partial charge < -0.3 is 20.7 Å². The lowest BCUT2D eigenvalue weighted by atomic mass is 9.86. The van der Waals surface area contributed by atoms with Crippen LogP contribution in [0.4, 0.5) is 0 Å². The first-order valence-corrected chi connectivity index (χ1v) is 8.11. The fourth-order valence-corrected chi connectivity index (χ4v) is 2.28. The molecule has 0 fully saturated rings. The minimum absolute atomic E-state index is 0.0934. The van der Waals surface area contributed by atoms with E-state index in [-0.39, 0.29) is 19.0 Å². The van der Waals surface area contributed by atoms with E-state index < -0.39 is 17.4 Å². The Bertz CT molecular complexity index is 619. The van der Waals surface area contributed by atoms with Gasteiger partial charge in [-0.1, -0.05) is 43.5 Å². The molecule has 0 saturated heterocycles. The highest BCUT2D eigenvalue weighted by atomic mass is 35.5. The Morgan fingerprint density at radius 2 is 2.12 bits per heavy atom. The molecule has 1 aromatic carbocycles. The van der Waals surface area contributed by atoms with Crippen LogP contribution in [0, 0.1) is 17.3 Å². The number of unbranched alkanes of at least 4 members (excludes halogenated alkanes) is 1. The topological polar surface area (TPSA) is 92.8 Å². The molecule has 0 radical (unpaired) electrons. The summed E-state index contributed by atoms with van der Waals surface area (Å²) >= 11 is 6.01. The summed E-state index contributed by atoms with van der Waals surface area (Å²) in [6.07, 6.45) is 2.25. The molecule has 0 aliphatic carbocycles. The highest BCUT2D eigenvalue weighted by Gasteiger charge is 2.32. The quantitative estimate of drug-likeness (QED) is 0.493. The molecule has 4 N–H and O–H groups in total. The molecule has 0 unspecified atom stereocenters. The van der Waals surface area contributed by atoms with Crippen molar-refractivity contribution in [3.05, 3.63) is 28.8 Å². The molecule has 0 amide bonds. The lowest BCUT2D eigenvalue weighted by molar-refractivity contribution is -0.142. The van der Waals surface area contributed by atoms with Crippen molar-refractivity contribution >= 4 is 17.6 Å². The predicted molar refractivity (Wildman–Crippen MR) is 94.0 cm³/mol. The largest absolute Gasteiger partial charge is 0.506 e. The third-order valence-electron chi connectivity index (χ3n) is 3.69. The molecule has 0 bridgehead atoms. The van der Waals surface area contributed by atoms with Gasteiger partial charge in [0.15, 0.2) is 0 Å². The van der Waals surface area contributed by atoms with Gasteiger partial charge in [0.25, 0.3) is 0 Å². The second kappa shape index (κ2) is 9.53. The van der Waals surface area contributed by atoms with Crippen molar-refractivity contribution in [2.24, 2.45) is 11.1 Å². The number of phenolic OH excluding ortho intramolecular Hbond substituents is 1. The van der Waals surface area contributed by atoms with Crippen LogP contribution in [0.3, 0.4) is 0 Å². The molecule has 1 rings (SSSR count). The van der Waals surface area contributed by atoms with E-state index in [4.69, 9.17) is 27.2 Å². The number of halogens is 1. The third kappa shape index (κ3) is 6.40. The summed E-state index contributed by atoms with van der Waals surface area (Å²) in [7, 11) is 0. The first-order valence-electron chi connectivity index (χ1n) is 7.74. The van der Waals surface area contributed by atoms with Gasteiger partial charge in [-0.25, -0.2) is 0 Å². The maximum Gasteiger partial charge on any atom is 0.321 e. The summed E-state index contributed by atoms with van der Waals surface area (Å²) in [6.45, 7) is 3.97. The molecule has 1 aromatic rings. The maximum atomic E-state index is 10.9. The van der Waals surface area contributed by atoms with E-state index in [1.165, 1.54) is 0 Å². The molecule has 0 aliphatic heterocycles. The van der Waals surface area contributed by atoms with Crippen LogP contribution >= 0.6 is 11.6 Å². The number of aliphatic carboxylic acids is 1. The Morgan fingerprint density at radius 1 is 1.42 bits per heavy atom. The first-order chi connectivity index (χ1) is 11.3. The number of carbonyl (C=O) groups is 1. The Labute approximate surface area is 147 Å². The standard InChI is InChI=1S/C18H24ClNO4/c1-18(2,16(20)17(22)23)12-24-11-6-4-3-5-8-13-9-7-10-14(21)15(13)19/h7,9-10,16,21H,3,5,8,11-12,20H2,1-2H3,(H,22,23)/t16-/m1/s1. The maximum absolute atomic E-state index is 10.9. The second-order valence-corrected chi connectivity index (χ2v) is 6.63. The number of hydrogen-bond donors (Lipinski definition) is 3. The van der Waals surface area contributed by atoms with E-state index in [0.717, 1.165) is 18.4 Å². The molecule has 0 spiro atoms. The van der Waals surface area contributed by atoms with Crippen molar-refractivity contribution < 1.29 is 19.7 Å². The van der Waals surface area contributed by atoms with Gasteiger partial charge in [0.05, 0.1) is 11.6 Å². The van der Waals surface area contributed by atoms with Gasteiger partial charge >= 0.3 is 5.97 Å². The van der Waals surface area contributed by atoms with E-state index >= 15 is 0 Å². The fourth-order valence-electron chi connectivity index (χ4n) is 2.06. The molecule has 0 aromatic heterocycles. The van der Waals surface area contributed by atoms with Gasteiger partial charge in [-0.05, 0) is 24.5 Å². The number of aryl methyl sites for hydroxylation is 1. The fraction of sp³-hybridized carbons (Fsp3) is 0.500. The van der Waals surface area contributed by atoms with Crippen molar-refractivity contribution in [1.29, 1.82) is 0 Å². The smallest absolute Gasteiger partial charge is 0.321 e. The molecular weight excluding hydrogens is 330 g/mol. The summed E-state index contributed by atoms with van der Waals surface area (Å²) in [6, 6.07) is 4.23. The van der Waals surface area contributed by atoms with Crippen molar-refractivity contribution in [3.8, 4) is 17.6 Å². The van der Waals surface area contributed by atoms with Crippen LogP contribution in [0.2, 0.25) is 5.02 Å². The lowest BCUT2D eigenvalue weighted by Crippen LogP contribution is -2.46. The number of hydrogen-bond acceptors (Lipinski definition) is 4. The first kappa shape index (κ1) is 20.3. The van der Waals surface area contributed by atoms with Gasteiger partial charge in [-0.2, -0.15) is 0 Å². The molecule has 6 heteroatoms. The second-order valence-electron chi connectivity index (χ2n) is 6.25. The highest BCUT2D eigenvalue weighted by molar-refractivity contribution is 6.32. The van der Waals surface area contributed by atoms with Crippen molar-refractivity contribution in [3.63, 3.8) is 0 Å². The van der Waals surface area contributed by atoms with Crippen LogP contribution in [0.1, 0.15) is 32.3 Å². The molecule has 0 aliphatic rings. The Balaban J connectivity index is 2.26. The number of nitrogens with two attached hydrogens (primary N) is 1. The van der Waals surface area contributed by atoms with E-state index in [1.807, 2.05) is 6.07 Å². The van der Waals surface area contributed by atoms with Crippen LogP contribution in [0.25, 0.3) is 0 Å². The monoisotopic (exact) mass is 353 g/mol. The number of rotatable bonds is 8. The zero-order valence-corrected chi connectivity index (χ0v) is 14.8. The number of phenols is 1. The Morgan fingerprint density at radius 3 is 2.79 bits per heavy atom. The average molecular weight is 354 g/mol. The minimum atomic E-state index is -1.04. The lowest BCUT2D eigenvalue weighted by Gasteiger charge is -2.27. The van der Waals surface area contributed by atoms with Gasteiger partial charge in [0.2, 0.25) is 0 Å². The zero-order chi connectivity index (χ0) is 18.2. The van der Waals surface area contributed by atoms with Crippen LogP contribution in [0.5, 0.6) is 5.75 Å². The number of carboxylic acid groups (broad SMARTS) is 1. The highest BCUT2D eigenvalue weighted by Crippen LogP contribution is 2.27. The normalized spacial score (nSPS) is 12.3. The molecule has 1 atom stereocenters. The van der Waals surface area contributed by atoms with E-state index in [9.17, 15) is 9.90 Å². The van der Waals surface area contributed by atoms with Crippen LogP contribution in [-0.4, -0.2) is 35.4 Å². The van der Waals surface area contributed by atoms with Crippen molar-refractivity contribution in [2.45, 2.75) is 39.2 Å². The number of ether oxygens (including phenoxy) is 1. The molecule has 24 heavy (non-hydrogen) atoms. The van der Waals surface area contributed by atoms with Crippen LogP contribution < -0.4 is 5.73 Å². The molecule has 5 nitrogen and oxygen atoms in total. The summed E-state index contributed by atoms with van der Waals surface area (Å²) in [4.78, 5) is 10.9. The zero-order valence-electron chi connectivity index (χ0n) is 14.0. The number of aromatic hydroxyl groups is 1. The van der Waals surface area contributed by atoms with Gasteiger partial charge in [-0.3, -0.25) is 4.79 Å². The molecule has 0 heterocycles. The third-order valence-corrected chi connectivity index (χ3v) is 4.12. The molecular formula is C18H24ClNO4. The van der Waals surface area contributed by atoms with E-state index in [2.05, 4.69) is 11.8 Å². The van der Waals surface area contributed by atoms with Crippen LogP contribution in [0.15, 0.2) is 18.2 Å². The predicted octanol–water partition coefficient (Wildman–Crippen LogP) is 2.83. The SMILES string of the molecule is CC(C)(COCC#CCCCc1cccc(O)c1Cl)[C@H](N)C(=O)O. The summed E-state index contributed by atoms with van der Waals surface area (Å²) in [5.74, 6) is 4.95. The van der Waals surface area contributed by atoms with Crippen molar-refractivity contribution in [1.82, 2.24) is 0 Å². The van der Waals surface area contributed by atoms with Crippen molar-refractivity contribution in [2.75, 3.05) is 13.2 Å². The summed E-state index contributed by atoms with van der Waals surface area (Å²) < 4.78 is 5.40. The molecule has 0 saturated carbocycles. The Kier molecular flexibility index (Phi) is 8.06. The van der Waals surface area contributed by atoms with Gasteiger partial charge in [0, 0.05) is 11.8 Å². The molecule has 132 valence electrons. The minimum Gasteiger partial charge on any atom is -0.506 e. The number of benzene rings is 1. The van der Waals surface area contributed by atoms with Gasteiger partial charge in [0.1, 0.15) is 18.4 Å². The van der Waals surface area contributed by atoms with Gasteiger partial charge in [-0.15, -0.1) is 5.92 Å². The average Bonchev–Trinajstić information content (AvgIpc) is 2.52.